The molecule has 6 nitrogen and oxygen atoms in total. The van der Waals surface area contributed by atoms with Crippen LogP contribution in [0.2, 0.25) is 10.0 Å². The summed E-state index contributed by atoms with van der Waals surface area (Å²) in [5.74, 6) is -0.960. The molecule has 0 aliphatic carbocycles. The molecule has 1 N–H and O–H groups in total. The van der Waals surface area contributed by atoms with Crippen molar-refractivity contribution in [3.05, 3.63) is 97.9 Å². The third kappa shape index (κ3) is 5.75. The number of rotatable bonds is 6. The molecule has 1 aromatic heterocycles. The summed E-state index contributed by atoms with van der Waals surface area (Å²) in [6.45, 7) is 2.10. The number of nitrogens with one attached hydrogen (secondary N) is 1. The van der Waals surface area contributed by atoms with Gasteiger partial charge in [0, 0.05) is 18.9 Å². The number of halogens is 2. The van der Waals surface area contributed by atoms with Gasteiger partial charge >= 0.3 is 0 Å². The van der Waals surface area contributed by atoms with E-state index < -0.39 is 17.4 Å². The van der Waals surface area contributed by atoms with Crippen molar-refractivity contribution in [2.24, 2.45) is 0 Å². The Balaban J connectivity index is 1.70. The first-order chi connectivity index (χ1) is 14.7. The van der Waals surface area contributed by atoms with Crippen LogP contribution in [0.25, 0.3) is 0 Å². The first-order valence-electron chi connectivity index (χ1n) is 9.50. The molecule has 0 aliphatic rings. The van der Waals surface area contributed by atoms with E-state index in [9.17, 15) is 14.4 Å². The van der Waals surface area contributed by atoms with Gasteiger partial charge < -0.3 is 14.8 Å². The highest BCUT2D eigenvalue weighted by molar-refractivity contribution is 6.42. The van der Waals surface area contributed by atoms with Crippen LogP contribution in [0.3, 0.4) is 0 Å². The maximum atomic E-state index is 12.8. The Kier molecular flexibility index (Phi) is 7.15. The van der Waals surface area contributed by atoms with Gasteiger partial charge in [-0.05, 0) is 42.8 Å². The van der Waals surface area contributed by atoms with E-state index in [0.717, 1.165) is 11.1 Å². The predicted octanol–water partition coefficient (Wildman–Crippen LogP) is 4.22. The van der Waals surface area contributed by atoms with Crippen LogP contribution in [-0.4, -0.2) is 34.9 Å². The number of amides is 2. The first-order valence-corrected chi connectivity index (χ1v) is 10.3. The minimum absolute atomic E-state index is 0.00000886. The lowest BCUT2D eigenvalue weighted by atomic mass is 10.1. The number of pyridine rings is 1. The smallest absolute Gasteiger partial charge is 0.263 e. The van der Waals surface area contributed by atoms with Gasteiger partial charge in [-0.1, -0.05) is 53.0 Å². The van der Waals surface area contributed by atoms with Crippen LogP contribution in [-0.2, 0) is 11.3 Å². The summed E-state index contributed by atoms with van der Waals surface area (Å²) in [4.78, 5) is 39.2. The van der Waals surface area contributed by atoms with Gasteiger partial charge in [0.15, 0.2) is 0 Å². The number of hydrogen-bond donors (Lipinski definition) is 1. The molecule has 0 radical (unpaired) electrons. The molecule has 0 saturated carbocycles. The van der Waals surface area contributed by atoms with Gasteiger partial charge in [0.05, 0.1) is 23.1 Å². The molecule has 160 valence electrons. The van der Waals surface area contributed by atoms with Crippen molar-refractivity contribution in [3.8, 4) is 0 Å². The zero-order valence-corrected chi connectivity index (χ0v) is 18.6. The molecule has 0 unspecified atom stereocenters. The molecule has 0 aliphatic heterocycles. The summed E-state index contributed by atoms with van der Waals surface area (Å²) in [5.41, 5.74) is 2.10. The minimum Gasteiger partial charge on any atom is -0.332 e. The SMILES string of the molecule is Cc1cccc(Cn2cccc(C(=O)N(C)CC(=O)Nc3ccc(Cl)c(Cl)c3)c2=O)c1. The van der Waals surface area contributed by atoms with E-state index in [1.807, 2.05) is 31.2 Å². The van der Waals surface area contributed by atoms with Gasteiger partial charge in [0.2, 0.25) is 5.91 Å². The minimum atomic E-state index is -0.534. The standard InChI is InChI=1S/C23H21Cl2N3O3/c1-15-5-3-6-16(11-15)13-28-10-4-7-18(23(28)31)22(30)27(2)14-21(29)26-17-8-9-19(24)20(25)12-17/h3-12H,13-14H2,1-2H3,(H,26,29). The number of nitrogens with zero attached hydrogens (tertiary/aromatic N) is 2. The van der Waals surface area contributed by atoms with Crippen molar-refractivity contribution < 1.29 is 9.59 Å². The summed E-state index contributed by atoms with van der Waals surface area (Å²) in [5, 5.41) is 3.33. The topological polar surface area (TPSA) is 71.4 Å². The van der Waals surface area contributed by atoms with Crippen LogP contribution in [0.4, 0.5) is 5.69 Å². The Bertz CT molecular complexity index is 1190. The van der Waals surface area contributed by atoms with E-state index in [-0.39, 0.29) is 12.1 Å². The normalized spacial score (nSPS) is 10.6. The lowest BCUT2D eigenvalue weighted by Crippen LogP contribution is -2.38. The lowest BCUT2D eigenvalue weighted by Gasteiger charge is -2.17. The molecule has 3 aromatic rings. The molecule has 0 spiro atoms. The maximum absolute atomic E-state index is 12.8. The average Bonchev–Trinajstić information content (AvgIpc) is 2.72. The van der Waals surface area contributed by atoms with E-state index in [1.165, 1.54) is 28.6 Å². The average molecular weight is 458 g/mol. The zero-order valence-electron chi connectivity index (χ0n) is 17.1. The van der Waals surface area contributed by atoms with Crippen LogP contribution < -0.4 is 10.9 Å². The van der Waals surface area contributed by atoms with Crippen LogP contribution in [0, 0.1) is 6.92 Å². The van der Waals surface area contributed by atoms with E-state index in [1.54, 1.807) is 24.4 Å². The monoisotopic (exact) mass is 457 g/mol. The van der Waals surface area contributed by atoms with Crippen LogP contribution in [0.5, 0.6) is 0 Å². The Morgan fingerprint density at radius 3 is 2.52 bits per heavy atom. The molecule has 31 heavy (non-hydrogen) atoms. The number of hydrogen-bond acceptors (Lipinski definition) is 3. The zero-order chi connectivity index (χ0) is 22.5. The third-order valence-electron chi connectivity index (χ3n) is 4.62. The number of benzene rings is 2. The van der Waals surface area contributed by atoms with Crippen molar-refractivity contribution in [2.75, 3.05) is 18.9 Å². The Morgan fingerprint density at radius 2 is 1.81 bits per heavy atom. The Hall–Kier alpha value is -3.09. The van der Waals surface area contributed by atoms with Crippen molar-refractivity contribution in [3.63, 3.8) is 0 Å². The second-order valence-corrected chi connectivity index (χ2v) is 8.00. The Labute approximate surface area is 190 Å². The predicted molar refractivity (Wildman–Crippen MR) is 123 cm³/mol. The van der Waals surface area contributed by atoms with Gasteiger partial charge in [-0.25, -0.2) is 0 Å². The summed E-state index contributed by atoms with van der Waals surface area (Å²) >= 11 is 11.8. The molecule has 3 rings (SSSR count). The molecule has 0 atom stereocenters. The highest BCUT2D eigenvalue weighted by Crippen LogP contribution is 2.24. The van der Waals surface area contributed by atoms with Crippen molar-refractivity contribution in [1.29, 1.82) is 0 Å². The summed E-state index contributed by atoms with van der Waals surface area (Å²) < 4.78 is 1.48. The molecular formula is C23H21Cl2N3O3. The molecule has 8 heteroatoms. The van der Waals surface area contributed by atoms with Crippen LogP contribution in [0.1, 0.15) is 21.5 Å². The van der Waals surface area contributed by atoms with Crippen LogP contribution >= 0.6 is 23.2 Å². The van der Waals surface area contributed by atoms with Gasteiger partial charge in [-0.2, -0.15) is 0 Å². The highest BCUT2D eigenvalue weighted by atomic mass is 35.5. The largest absolute Gasteiger partial charge is 0.332 e. The Morgan fingerprint density at radius 1 is 1.03 bits per heavy atom. The molecule has 2 aromatic carbocycles. The fraction of sp³-hybridized carbons (Fsp3) is 0.174. The quantitative estimate of drug-likeness (QED) is 0.601. The highest BCUT2D eigenvalue weighted by Gasteiger charge is 2.19. The van der Waals surface area contributed by atoms with E-state index >= 15 is 0 Å². The number of aromatic nitrogens is 1. The summed E-state index contributed by atoms with van der Waals surface area (Å²) in [7, 11) is 1.47. The summed E-state index contributed by atoms with van der Waals surface area (Å²) in [6, 6.07) is 15.6. The molecule has 0 bridgehead atoms. The fourth-order valence-corrected chi connectivity index (χ4v) is 3.40. The fourth-order valence-electron chi connectivity index (χ4n) is 3.10. The third-order valence-corrected chi connectivity index (χ3v) is 5.36. The molecule has 0 fully saturated rings. The second-order valence-electron chi connectivity index (χ2n) is 7.18. The molecular weight excluding hydrogens is 437 g/mol. The van der Waals surface area contributed by atoms with Gasteiger partial charge in [0.1, 0.15) is 5.56 Å². The number of anilines is 1. The number of likely N-dealkylation sites (N-methyl/N-ethyl adjacent to an activating group) is 1. The lowest BCUT2D eigenvalue weighted by molar-refractivity contribution is -0.116. The molecule has 2 amide bonds. The van der Waals surface area contributed by atoms with Gasteiger partial charge in [-0.3, -0.25) is 14.4 Å². The number of aryl methyl sites for hydroxylation is 1. The van der Waals surface area contributed by atoms with Crippen molar-refractivity contribution in [2.45, 2.75) is 13.5 Å². The van der Waals surface area contributed by atoms with E-state index in [2.05, 4.69) is 5.32 Å². The number of carbonyl (C=O) groups excluding carboxylic acids is 2. The van der Waals surface area contributed by atoms with E-state index in [4.69, 9.17) is 23.2 Å². The molecule has 1 heterocycles. The summed E-state index contributed by atoms with van der Waals surface area (Å²) in [6.07, 6.45) is 1.64. The maximum Gasteiger partial charge on any atom is 0.263 e. The van der Waals surface area contributed by atoms with Crippen molar-refractivity contribution >= 4 is 40.7 Å². The second kappa shape index (κ2) is 9.81. The van der Waals surface area contributed by atoms with Gasteiger partial charge in [-0.15, -0.1) is 0 Å². The first kappa shape index (κ1) is 22.6. The van der Waals surface area contributed by atoms with Crippen LogP contribution in [0.15, 0.2) is 65.6 Å². The molecule has 0 saturated heterocycles. The van der Waals surface area contributed by atoms with Crippen molar-refractivity contribution in [1.82, 2.24) is 9.47 Å². The van der Waals surface area contributed by atoms with E-state index in [0.29, 0.717) is 22.3 Å². The van der Waals surface area contributed by atoms with Gasteiger partial charge in [0.25, 0.3) is 11.5 Å². The number of carbonyl (C=O) groups is 2.